The van der Waals surface area contributed by atoms with E-state index in [2.05, 4.69) is 14.9 Å². The van der Waals surface area contributed by atoms with Gasteiger partial charge in [-0.1, -0.05) is 23.7 Å². The second-order valence-electron chi connectivity index (χ2n) is 6.54. The standard InChI is InChI=1S/C21H20ClN3O3/c1-27-19-5-3-2-4-17(19)18-12-25-11-16(28-13-20(25)24-18)10-23-21(26)14-6-8-15(22)9-7-14/h2-9,12,16H,10-11,13H2,1H3,(H,23,26)/t16-/m0/s1. The number of nitrogens with one attached hydrogen (secondary N) is 1. The Labute approximate surface area is 168 Å². The lowest BCUT2D eigenvalue weighted by Gasteiger charge is -2.24. The highest BCUT2D eigenvalue weighted by Gasteiger charge is 2.22. The summed E-state index contributed by atoms with van der Waals surface area (Å²) in [5.41, 5.74) is 2.36. The molecule has 1 atom stereocenters. The molecule has 7 heteroatoms. The molecule has 6 nitrogen and oxygen atoms in total. The first-order valence-corrected chi connectivity index (χ1v) is 9.36. The highest BCUT2D eigenvalue weighted by atomic mass is 35.5. The Morgan fingerprint density at radius 1 is 1.29 bits per heavy atom. The number of methoxy groups -OCH3 is 1. The summed E-state index contributed by atoms with van der Waals surface area (Å²) >= 11 is 5.86. The molecular weight excluding hydrogens is 378 g/mol. The molecule has 4 rings (SSSR count). The molecule has 0 bridgehead atoms. The first kappa shape index (κ1) is 18.5. The van der Waals surface area contributed by atoms with Crippen molar-refractivity contribution in [1.29, 1.82) is 0 Å². The molecule has 28 heavy (non-hydrogen) atoms. The number of para-hydroxylation sites is 1. The fraction of sp³-hybridized carbons (Fsp3) is 0.238. The van der Waals surface area contributed by atoms with E-state index in [1.165, 1.54) is 0 Å². The third kappa shape index (κ3) is 3.88. The van der Waals surface area contributed by atoms with Crippen molar-refractivity contribution >= 4 is 17.5 Å². The van der Waals surface area contributed by atoms with Crippen LogP contribution in [0.5, 0.6) is 5.75 Å². The zero-order chi connectivity index (χ0) is 19.5. The van der Waals surface area contributed by atoms with Crippen molar-refractivity contribution in [1.82, 2.24) is 14.9 Å². The van der Waals surface area contributed by atoms with Crippen LogP contribution in [-0.2, 0) is 17.9 Å². The van der Waals surface area contributed by atoms with E-state index in [0.717, 1.165) is 22.8 Å². The Bertz CT molecular complexity index is 985. The summed E-state index contributed by atoms with van der Waals surface area (Å²) in [6.45, 7) is 1.44. The minimum absolute atomic E-state index is 0.122. The van der Waals surface area contributed by atoms with Crippen molar-refractivity contribution in [2.75, 3.05) is 13.7 Å². The summed E-state index contributed by atoms with van der Waals surface area (Å²) < 4.78 is 13.4. The zero-order valence-electron chi connectivity index (χ0n) is 15.4. The molecule has 2 aromatic carbocycles. The van der Waals surface area contributed by atoms with Crippen molar-refractivity contribution in [2.24, 2.45) is 0 Å². The van der Waals surface area contributed by atoms with Crippen molar-refractivity contribution in [2.45, 2.75) is 19.3 Å². The molecule has 0 saturated heterocycles. The van der Waals surface area contributed by atoms with Gasteiger partial charge in [0.1, 0.15) is 18.2 Å². The molecule has 0 radical (unpaired) electrons. The second kappa shape index (κ2) is 8.04. The van der Waals surface area contributed by atoms with Crippen molar-refractivity contribution in [3.63, 3.8) is 0 Å². The average molecular weight is 398 g/mol. The Morgan fingerprint density at radius 3 is 2.86 bits per heavy atom. The number of imidazole rings is 1. The highest BCUT2D eigenvalue weighted by Crippen LogP contribution is 2.30. The zero-order valence-corrected chi connectivity index (χ0v) is 16.1. The topological polar surface area (TPSA) is 65.4 Å². The van der Waals surface area contributed by atoms with Crippen LogP contribution in [0.1, 0.15) is 16.2 Å². The minimum atomic E-state index is -0.147. The van der Waals surface area contributed by atoms with Gasteiger partial charge in [-0.15, -0.1) is 0 Å². The molecule has 0 saturated carbocycles. The first-order valence-electron chi connectivity index (χ1n) is 8.99. The first-order chi connectivity index (χ1) is 13.6. The third-order valence-electron chi connectivity index (χ3n) is 4.69. The van der Waals surface area contributed by atoms with Gasteiger partial charge in [-0.3, -0.25) is 4.79 Å². The smallest absolute Gasteiger partial charge is 0.251 e. The molecule has 1 aliphatic rings. The van der Waals surface area contributed by atoms with Crippen LogP contribution in [0.15, 0.2) is 54.7 Å². The van der Waals surface area contributed by atoms with Crippen LogP contribution in [0.2, 0.25) is 5.02 Å². The lowest BCUT2D eigenvalue weighted by atomic mass is 10.1. The summed E-state index contributed by atoms with van der Waals surface area (Å²) in [6.07, 6.45) is 1.88. The van der Waals surface area contributed by atoms with E-state index < -0.39 is 0 Å². The molecule has 0 aliphatic carbocycles. The van der Waals surface area contributed by atoms with Crippen molar-refractivity contribution < 1.29 is 14.3 Å². The number of benzene rings is 2. The molecule has 144 valence electrons. The number of nitrogens with zero attached hydrogens (tertiary/aromatic N) is 2. The molecule has 0 unspecified atom stereocenters. The average Bonchev–Trinajstić information content (AvgIpc) is 3.15. The quantitative estimate of drug-likeness (QED) is 0.715. The Morgan fingerprint density at radius 2 is 2.07 bits per heavy atom. The molecular formula is C21H20ClN3O3. The van der Waals surface area contributed by atoms with E-state index >= 15 is 0 Å². The van der Waals surface area contributed by atoms with Gasteiger partial charge in [0.2, 0.25) is 0 Å². The van der Waals surface area contributed by atoms with Gasteiger partial charge >= 0.3 is 0 Å². The fourth-order valence-corrected chi connectivity index (χ4v) is 3.34. The van der Waals surface area contributed by atoms with E-state index in [9.17, 15) is 4.79 Å². The van der Waals surface area contributed by atoms with Gasteiger partial charge in [0.05, 0.1) is 25.5 Å². The van der Waals surface area contributed by atoms with E-state index in [1.807, 2.05) is 30.5 Å². The van der Waals surface area contributed by atoms with Crippen LogP contribution < -0.4 is 10.1 Å². The molecule has 0 fully saturated rings. The highest BCUT2D eigenvalue weighted by molar-refractivity contribution is 6.30. The summed E-state index contributed by atoms with van der Waals surface area (Å²) in [4.78, 5) is 16.9. The van der Waals surface area contributed by atoms with Crippen LogP contribution in [-0.4, -0.2) is 35.2 Å². The lowest BCUT2D eigenvalue weighted by molar-refractivity contribution is 0.00327. The van der Waals surface area contributed by atoms with E-state index in [4.69, 9.17) is 21.1 Å². The number of ether oxygens (including phenoxy) is 2. The number of fused-ring (bicyclic) bond motifs is 1. The predicted octanol–water partition coefficient (Wildman–Crippen LogP) is 3.54. The van der Waals surface area contributed by atoms with E-state index in [-0.39, 0.29) is 12.0 Å². The maximum atomic E-state index is 12.3. The summed E-state index contributed by atoms with van der Waals surface area (Å²) in [5, 5.41) is 3.52. The number of rotatable bonds is 5. The van der Waals surface area contributed by atoms with Gasteiger partial charge in [-0.05, 0) is 36.4 Å². The molecule has 2 heterocycles. The SMILES string of the molecule is COc1ccccc1-c1cn2c(n1)CO[C@@H](CNC(=O)c1ccc(Cl)cc1)C2. The van der Waals surface area contributed by atoms with Gasteiger partial charge < -0.3 is 19.4 Å². The molecule has 1 aliphatic heterocycles. The molecule has 0 spiro atoms. The third-order valence-corrected chi connectivity index (χ3v) is 4.94. The number of hydrogen-bond donors (Lipinski definition) is 1. The molecule has 1 amide bonds. The number of carbonyl (C=O) groups is 1. The van der Waals surface area contributed by atoms with Crippen LogP contribution in [0.25, 0.3) is 11.3 Å². The Balaban J connectivity index is 1.42. The van der Waals surface area contributed by atoms with Crippen molar-refractivity contribution in [3.05, 3.63) is 71.1 Å². The van der Waals surface area contributed by atoms with Crippen LogP contribution in [0.4, 0.5) is 0 Å². The number of amides is 1. The van der Waals surface area contributed by atoms with Gasteiger partial charge in [-0.2, -0.15) is 0 Å². The largest absolute Gasteiger partial charge is 0.496 e. The maximum Gasteiger partial charge on any atom is 0.251 e. The maximum absolute atomic E-state index is 12.3. The van der Waals surface area contributed by atoms with Gasteiger partial charge in [-0.25, -0.2) is 4.98 Å². The van der Waals surface area contributed by atoms with Crippen molar-refractivity contribution in [3.8, 4) is 17.0 Å². The number of hydrogen-bond acceptors (Lipinski definition) is 4. The number of aromatic nitrogens is 2. The monoisotopic (exact) mass is 397 g/mol. The van der Waals surface area contributed by atoms with Gasteiger partial charge in [0, 0.05) is 28.9 Å². The lowest BCUT2D eigenvalue weighted by Crippen LogP contribution is -2.38. The Hall–Kier alpha value is -2.83. The number of carbonyl (C=O) groups excluding carboxylic acids is 1. The molecule has 3 aromatic rings. The van der Waals surface area contributed by atoms with Crippen LogP contribution >= 0.6 is 11.6 Å². The van der Waals surface area contributed by atoms with Crippen LogP contribution in [0.3, 0.4) is 0 Å². The van der Waals surface area contributed by atoms with E-state index in [1.54, 1.807) is 31.4 Å². The van der Waals surface area contributed by atoms with Gasteiger partial charge in [0.15, 0.2) is 0 Å². The molecule has 1 N–H and O–H groups in total. The number of halogens is 1. The summed E-state index contributed by atoms with van der Waals surface area (Å²) in [7, 11) is 1.65. The second-order valence-corrected chi connectivity index (χ2v) is 6.98. The summed E-state index contributed by atoms with van der Waals surface area (Å²) in [5.74, 6) is 1.50. The molecule has 1 aromatic heterocycles. The fourth-order valence-electron chi connectivity index (χ4n) is 3.21. The minimum Gasteiger partial charge on any atom is -0.496 e. The normalized spacial score (nSPS) is 15.7. The van der Waals surface area contributed by atoms with Gasteiger partial charge in [0.25, 0.3) is 5.91 Å². The Kier molecular flexibility index (Phi) is 5.32. The van der Waals surface area contributed by atoms with E-state index in [0.29, 0.717) is 30.3 Å². The summed E-state index contributed by atoms with van der Waals surface area (Å²) in [6, 6.07) is 14.6. The van der Waals surface area contributed by atoms with Crippen LogP contribution in [0, 0.1) is 0 Å². The predicted molar refractivity (Wildman–Crippen MR) is 107 cm³/mol.